The predicted octanol–water partition coefficient (Wildman–Crippen LogP) is 5.36. The van der Waals surface area contributed by atoms with E-state index < -0.39 is 0 Å². The van der Waals surface area contributed by atoms with E-state index in [2.05, 4.69) is 20.8 Å². The van der Waals surface area contributed by atoms with E-state index in [4.69, 9.17) is 16.3 Å². The zero-order valence-corrected chi connectivity index (χ0v) is 13.0. The minimum Gasteiger partial charge on any atom is -0.359 e. The van der Waals surface area contributed by atoms with Gasteiger partial charge in [0.05, 0.1) is 6.10 Å². The lowest BCUT2D eigenvalue weighted by atomic mass is 9.70. The van der Waals surface area contributed by atoms with Gasteiger partial charge in [-0.2, -0.15) is 0 Å². The second-order valence-corrected chi connectivity index (χ2v) is 8.04. The molecule has 0 aliphatic heterocycles. The average Bonchev–Trinajstić information content (AvgIpc) is 2.26. The number of rotatable bonds is 3. The highest BCUT2D eigenvalue weighted by molar-refractivity contribution is 6.19. The van der Waals surface area contributed by atoms with Crippen molar-refractivity contribution in [2.24, 2.45) is 17.3 Å². The molecule has 0 heterocycles. The van der Waals surface area contributed by atoms with Crippen molar-refractivity contribution in [2.45, 2.75) is 83.8 Å². The summed E-state index contributed by atoms with van der Waals surface area (Å²) in [6.07, 6.45) is 11.0. The van der Waals surface area contributed by atoms with Crippen LogP contribution >= 0.6 is 11.6 Å². The molecule has 2 aliphatic carbocycles. The van der Waals surface area contributed by atoms with Crippen LogP contribution in [0.15, 0.2) is 0 Å². The molecule has 2 aliphatic rings. The van der Waals surface area contributed by atoms with Crippen molar-refractivity contribution in [1.29, 1.82) is 0 Å². The molecule has 2 saturated carbocycles. The Labute approximate surface area is 118 Å². The number of fused-ring (bicyclic) bond motifs is 1. The molecule has 0 saturated heterocycles. The van der Waals surface area contributed by atoms with E-state index in [0.717, 1.165) is 18.3 Å². The summed E-state index contributed by atoms with van der Waals surface area (Å²) < 4.78 is 6.08. The standard InChI is InChI=1S/C16H29ClO/c1-16(2,3)11-15(17)18-14-9-8-12-6-4-5-7-13(12)10-14/h12-15H,4-11H2,1-3H3. The van der Waals surface area contributed by atoms with Crippen molar-refractivity contribution in [1.82, 2.24) is 0 Å². The second kappa shape index (κ2) is 6.13. The van der Waals surface area contributed by atoms with Crippen molar-refractivity contribution in [3.63, 3.8) is 0 Å². The van der Waals surface area contributed by atoms with Gasteiger partial charge in [0.1, 0.15) is 5.56 Å². The fourth-order valence-corrected chi connectivity index (χ4v) is 4.30. The molecule has 4 unspecified atom stereocenters. The van der Waals surface area contributed by atoms with Gasteiger partial charge in [-0.05, 0) is 42.9 Å². The minimum absolute atomic E-state index is 0.102. The van der Waals surface area contributed by atoms with Gasteiger partial charge in [-0.3, -0.25) is 0 Å². The Morgan fingerprint density at radius 1 is 1.06 bits per heavy atom. The monoisotopic (exact) mass is 272 g/mol. The lowest BCUT2D eigenvalue weighted by Crippen LogP contribution is -2.33. The van der Waals surface area contributed by atoms with E-state index in [1.54, 1.807) is 0 Å². The molecule has 0 bridgehead atoms. The summed E-state index contributed by atoms with van der Waals surface area (Å²) in [5.41, 5.74) is 0.157. The highest BCUT2D eigenvalue weighted by atomic mass is 35.5. The van der Waals surface area contributed by atoms with Crippen LogP contribution in [0.2, 0.25) is 0 Å². The van der Waals surface area contributed by atoms with Gasteiger partial charge in [0.15, 0.2) is 0 Å². The van der Waals surface area contributed by atoms with Crippen molar-refractivity contribution >= 4 is 11.6 Å². The van der Waals surface area contributed by atoms with Crippen LogP contribution < -0.4 is 0 Å². The summed E-state index contributed by atoms with van der Waals surface area (Å²) in [6, 6.07) is 0. The van der Waals surface area contributed by atoms with E-state index in [-0.39, 0.29) is 11.0 Å². The Balaban J connectivity index is 1.77. The maximum Gasteiger partial charge on any atom is 0.132 e. The van der Waals surface area contributed by atoms with Crippen LogP contribution in [0.3, 0.4) is 0 Å². The molecule has 2 rings (SSSR count). The zero-order chi connectivity index (χ0) is 13.2. The molecule has 1 nitrogen and oxygen atoms in total. The van der Waals surface area contributed by atoms with E-state index in [9.17, 15) is 0 Å². The molecular weight excluding hydrogens is 244 g/mol. The van der Waals surface area contributed by atoms with Gasteiger partial charge >= 0.3 is 0 Å². The number of alkyl halides is 1. The smallest absolute Gasteiger partial charge is 0.132 e. The van der Waals surface area contributed by atoms with Gasteiger partial charge in [-0.1, -0.05) is 58.1 Å². The van der Waals surface area contributed by atoms with E-state index in [0.29, 0.717) is 6.10 Å². The zero-order valence-electron chi connectivity index (χ0n) is 12.3. The average molecular weight is 273 g/mol. The number of ether oxygens (including phenoxy) is 1. The molecule has 2 fully saturated rings. The molecule has 2 heteroatoms. The summed E-state index contributed by atoms with van der Waals surface area (Å²) in [7, 11) is 0. The van der Waals surface area contributed by atoms with Crippen LogP contribution in [-0.4, -0.2) is 11.7 Å². The molecule has 0 aromatic heterocycles. The molecule has 0 radical (unpaired) electrons. The Bertz CT molecular complexity index is 258. The van der Waals surface area contributed by atoms with E-state index >= 15 is 0 Å². The van der Waals surface area contributed by atoms with Crippen LogP contribution in [0, 0.1) is 17.3 Å². The van der Waals surface area contributed by atoms with Crippen molar-refractivity contribution < 1.29 is 4.74 Å². The molecular formula is C16H29ClO. The van der Waals surface area contributed by atoms with Crippen molar-refractivity contribution in [2.75, 3.05) is 0 Å². The second-order valence-electron chi connectivity index (χ2n) is 7.55. The molecule has 106 valence electrons. The highest BCUT2D eigenvalue weighted by Gasteiger charge is 2.33. The summed E-state index contributed by atoms with van der Waals surface area (Å²) >= 11 is 6.35. The van der Waals surface area contributed by atoms with Crippen molar-refractivity contribution in [3.05, 3.63) is 0 Å². The number of halogens is 1. The third-order valence-corrected chi connectivity index (χ3v) is 4.86. The summed E-state index contributed by atoms with van der Waals surface area (Å²) in [4.78, 5) is 0. The summed E-state index contributed by atoms with van der Waals surface area (Å²) in [6.45, 7) is 6.68. The maximum absolute atomic E-state index is 6.35. The molecule has 18 heavy (non-hydrogen) atoms. The Morgan fingerprint density at radius 2 is 1.72 bits per heavy atom. The molecule has 0 amide bonds. The van der Waals surface area contributed by atoms with Gasteiger partial charge in [-0.15, -0.1) is 0 Å². The van der Waals surface area contributed by atoms with Crippen LogP contribution in [0.5, 0.6) is 0 Å². The topological polar surface area (TPSA) is 9.23 Å². The Kier molecular flexibility index (Phi) is 4.99. The van der Waals surface area contributed by atoms with Crippen LogP contribution in [-0.2, 0) is 4.74 Å². The van der Waals surface area contributed by atoms with Gasteiger partial charge < -0.3 is 4.74 Å². The molecule has 0 aromatic rings. The molecule has 4 atom stereocenters. The number of hydrogen-bond acceptors (Lipinski definition) is 1. The van der Waals surface area contributed by atoms with Crippen molar-refractivity contribution in [3.8, 4) is 0 Å². The van der Waals surface area contributed by atoms with Crippen LogP contribution in [0.4, 0.5) is 0 Å². The number of hydrogen-bond donors (Lipinski definition) is 0. The third-order valence-electron chi connectivity index (χ3n) is 4.60. The van der Waals surface area contributed by atoms with Gasteiger partial charge in [0.25, 0.3) is 0 Å². The largest absolute Gasteiger partial charge is 0.359 e. The first-order valence-corrected chi connectivity index (χ1v) is 8.17. The van der Waals surface area contributed by atoms with E-state index in [1.807, 2.05) is 0 Å². The predicted molar refractivity (Wildman–Crippen MR) is 77.9 cm³/mol. The van der Waals surface area contributed by atoms with Gasteiger partial charge in [0, 0.05) is 0 Å². The van der Waals surface area contributed by atoms with Gasteiger partial charge in [0.2, 0.25) is 0 Å². The first kappa shape index (κ1) is 14.7. The highest BCUT2D eigenvalue weighted by Crippen LogP contribution is 2.42. The summed E-state index contributed by atoms with van der Waals surface area (Å²) in [5.74, 6) is 1.92. The molecule has 0 spiro atoms. The fraction of sp³-hybridized carbons (Fsp3) is 1.00. The first-order valence-electron chi connectivity index (χ1n) is 7.73. The first-order chi connectivity index (χ1) is 8.44. The van der Waals surface area contributed by atoms with Crippen LogP contribution in [0.25, 0.3) is 0 Å². The maximum atomic E-state index is 6.35. The SMILES string of the molecule is CC(C)(C)CC(Cl)OC1CCC2CCCCC2C1. The Morgan fingerprint density at radius 3 is 2.39 bits per heavy atom. The molecule has 0 N–H and O–H groups in total. The lowest BCUT2D eigenvalue weighted by molar-refractivity contribution is -0.0375. The third kappa shape index (κ3) is 4.42. The van der Waals surface area contributed by atoms with Gasteiger partial charge in [-0.25, -0.2) is 0 Å². The normalized spacial score (nSPS) is 35.0. The quantitative estimate of drug-likeness (QED) is 0.628. The van der Waals surface area contributed by atoms with E-state index in [1.165, 1.54) is 44.9 Å². The van der Waals surface area contributed by atoms with Crippen LogP contribution in [0.1, 0.15) is 72.1 Å². The Hall–Kier alpha value is 0.250. The lowest BCUT2D eigenvalue weighted by Gasteiger charge is -2.40. The minimum atomic E-state index is -0.102. The molecule has 0 aromatic carbocycles. The summed E-state index contributed by atoms with van der Waals surface area (Å²) in [5, 5.41) is 0. The fourth-order valence-electron chi connectivity index (χ4n) is 3.69.